The van der Waals surface area contributed by atoms with Gasteiger partial charge in [0.25, 0.3) is 5.91 Å². The van der Waals surface area contributed by atoms with Crippen molar-refractivity contribution in [3.8, 4) is 0 Å². The van der Waals surface area contributed by atoms with Crippen LogP contribution in [-0.4, -0.2) is 47.3 Å². The zero-order valence-corrected chi connectivity index (χ0v) is 13.8. The van der Waals surface area contributed by atoms with Crippen LogP contribution in [0.25, 0.3) is 10.9 Å². The molecule has 25 heavy (non-hydrogen) atoms. The molecule has 1 N–H and O–H groups in total. The van der Waals surface area contributed by atoms with E-state index in [0.717, 1.165) is 17.4 Å². The fourth-order valence-electron chi connectivity index (χ4n) is 4.39. The number of rotatable bonds is 2. The van der Waals surface area contributed by atoms with E-state index in [1.165, 1.54) is 5.56 Å². The number of benzene rings is 2. The zero-order valence-electron chi connectivity index (χ0n) is 13.8. The van der Waals surface area contributed by atoms with E-state index in [9.17, 15) is 4.79 Å². The average molecular weight is 333 g/mol. The first-order valence-electron chi connectivity index (χ1n) is 8.62. The summed E-state index contributed by atoms with van der Waals surface area (Å²) in [4.78, 5) is 15.2. The Bertz CT molecular complexity index is 936. The Balaban J connectivity index is 1.51. The fraction of sp³-hybridized carbons (Fsp3) is 0.300. The highest BCUT2D eigenvalue weighted by Gasteiger charge is 2.52. The summed E-state index contributed by atoms with van der Waals surface area (Å²) in [5.74, 6) is 0.416. The number of hydrogen-bond acceptors (Lipinski definition) is 3. The van der Waals surface area contributed by atoms with Crippen molar-refractivity contribution in [2.45, 2.75) is 5.41 Å². The van der Waals surface area contributed by atoms with Gasteiger partial charge in [-0.2, -0.15) is 5.10 Å². The largest absolute Gasteiger partial charge is 0.380 e. The number of nitrogens with zero attached hydrogens (tertiary/aromatic N) is 2. The molecular formula is C20H19N3O2. The van der Waals surface area contributed by atoms with Crippen LogP contribution in [0.2, 0.25) is 0 Å². The molecule has 0 spiro atoms. The average Bonchev–Trinajstić information content (AvgIpc) is 3.35. The van der Waals surface area contributed by atoms with Crippen molar-refractivity contribution in [1.29, 1.82) is 0 Å². The summed E-state index contributed by atoms with van der Waals surface area (Å²) in [5.41, 5.74) is 2.69. The zero-order chi connectivity index (χ0) is 16.9. The first-order chi connectivity index (χ1) is 12.3. The van der Waals surface area contributed by atoms with Crippen LogP contribution in [0.15, 0.2) is 54.7 Å². The van der Waals surface area contributed by atoms with Gasteiger partial charge in [0.1, 0.15) is 0 Å². The number of para-hydroxylation sites is 1. The van der Waals surface area contributed by atoms with Gasteiger partial charge in [0.05, 0.1) is 30.5 Å². The van der Waals surface area contributed by atoms with Crippen molar-refractivity contribution in [2.75, 3.05) is 26.3 Å². The summed E-state index contributed by atoms with van der Waals surface area (Å²) < 4.78 is 5.81. The lowest BCUT2D eigenvalue weighted by molar-refractivity contribution is 0.0745. The third kappa shape index (κ3) is 2.12. The van der Waals surface area contributed by atoms with Crippen LogP contribution in [0.3, 0.4) is 0 Å². The first kappa shape index (κ1) is 14.7. The second kappa shape index (κ2) is 5.43. The Labute approximate surface area is 145 Å². The van der Waals surface area contributed by atoms with Crippen LogP contribution in [-0.2, 0) is 10.2 Å². The molecular weight excluding hydrogens is 314 g/mol. The number of ether oxygens (including phenoxy) is 1. The number of likely N-dealkylation sites (tertiary alicyclic amines) is 1. The Morgan fingerprint density at radius 2 is 2.08 bits per heavy atom. The molecule has 2 atom stereocenters. The number of H-pyrrole nitrogens is 1. The second-order valence-electron chi connectivity index (χ2n) is 7.06. The van der Waals surface area contributed by atoms with Crippen molar-refractivity contribution >= 4 is 16.8 Å². The van der Waals surface area contributed by atoms with Gasteiger partial charge < -0.3 is 9.64 Å². The second-order valence-corrected chi connectivity index (χ2v) is 7.06. The molecule has 2 aromatic carbocycles. The van der Waals surface area contributed by atoms with Gasteiger partial charge in [-0.3, -0.25) is 9.89 Å². The number of fused-ring (bicyclic) bond motifs is 2. The lowest BCUT2D eigenvalue weighted by atomic mass is 9.75. The predicted molar refractivity (Wildman–Crippen MR) is 94.4 cm³/mol. The number of carbonyl (C=O) groups is 1. The van der Waals surface area contributed by atoms with Crippen LogP contribution >= 0.6 is 0 Å². The Morgan fingerprint density at radius 1 is 1.20 bits per heavy atom. The van der Waals surface area contributed by atoms with Crippen molar-refractivity contribution < 1.29 is 9.53 Å². The molecule has 1 aromatic heterocycles. The number of amides is 1. The molecule has 5 rings (SSSR count). The lowest BCUT2D eigenvalue weighted by Crippen LogP contribution is -2.37. The van der Waals surface area contributed by atoms with Gasteiger partial charge in [0.2, 0.25) is 0 Å². The predicted octanol–water partition coefficient (Wildman–Crippen LogP) is 2.60. The van der Waals surface area contributed by atoms with E-state index < -0.39 is 0 Å². The van der Waals surface area contributed by atoms with Gasteiger partial charge in [-0.1, -0.05) is 42.5 Å². The molecule has 0 saturated carbocycles. The SMILES string of the molecule is O=C(c1cccc2cn[nH]c12)N1C[C@@H]2COC[C@]2(c2ccccc2)C1. The smallest absolute Gasteiger partial charge is 0.256 e. The monoisotopic (exact) mass is 333 g/mol. The van der Waals surface area contributed by atoms with Gasteiger partial charge in [-0.05, 0) is 11.6 Å². The maximum Gasteiger partial charge on any atom is 0.256 e. The van der Waals surface area contributed by atoms with E-state index in [-0.39, 0.29) is 11.3 Å². The van der Waals surface area contributed by atoms with E-state index in [0.29, 0.717) is 31.2 Å². The van der Waals surface area contributed by atoms with Crippen molar-refractivity contribution in [3.63, 3.8) is 0 Å². The quantitative estimate of drug-likeness (QED) is 0.784. The first-order valence-corrected chi connectivity index (χ1v) is 8.62. The topological polar surface area (TPSA) is 58.2 Å². The van der Waals surface area contributed by atoms with Gasteiger partial charge in [-0.25, -0.2) is 0 Å². The van der Waals surface area contributed by atoms with E-state index in [4.69, 9.17) is 4.74 Å². The van der Waals surface area contributed by atoms with Crippen LogP contribution in [0.1, 0.15) is 15.9 Å². The molecule has 3 aromatic rings. The van der Waals surface area contributed by atoms with Crippen LogP contribution in [0.4, 0.5) is 0 Å². The highest BCUT2D eigenvalue weighted by molar-refractivity contribution is 6.05. The van der Waals surface area contributed by atoms with Crippen LogP contribution < -0.4 is 0 Å². The van der Waals surface area contributed by atoms with E-state index in [1.807, 2.05) is 29.2 Å². The lowest BCUT2D eigenvalue weighted by Gasteiger charge is -2.27. The molecule has 2 aliphatic rings. The summed E-state index contributed by atoms with van der Waals surface area (Å²) in [5, 5.41) is 8.00. The number of carbonyl (C=O) groups excluding carboxylic acids is 1. The highest BCUT2D eigenvalue weighted by atomic mass is 16.5. The van der Waals surface area contributed by atoms with Gasteiger partial charge >= 0.3 is 0 Å². The number of hydrogen-bond donors (Lipinski definition) is 1. The van der Waals surface area contributed by atoms with Gasteiger partial charge in [0, 0.05) is 29.8 Å². The third-order valence-electron chi connectivity index (χ3n) is 5.72. The van der Waals surface area contributed by atoms with Crippen molar-refractivity contribution in [3.05, 3.63) is 65.9 Å². The molecule has 5 heteroatoms. The molecule has 1 amide bonds. The molecule has 0 radical (unpaired) electrons. The van der Waals surface area contributed by atoms with Crippen LogP contribution in [0.5, 0.6) is 0 Å². The summed E-state index contributed by atoms with van der Waals surface area (Å²) in [7, 11) is 0. The number of nitrogens with one attached hydrogen (secondary N) is 1. The summed E-state index contributed by atoms with van der Waals surface area (Å²) in [6.07, 6.45) is 1.75. The van der Waals surface area contributed by atoms with Gasteiger partial charge in [0.15, 0.2) is 0 Å². The minimum absolute atomic E-state index is 0.0690. The minimum Gasteiger partial charge on any atom is -0.380 e. The number of aromatic amines is 1. The molecule has 0 aliphatic carbocycles. The highest BCUT2D eigenvalue weighted by Crippen LogP contribution is 2.44. The fourth-order valence-corrected chi connectivity index (χ4v) is 4.39. The van der Waals surface area contributed by atoms with Crippen LogP contribution in [0, 0.1) is 5.92 Å². The Kier molecular flexibility index (Phi) is 3.18. The third-order valence-corrected chi connectivity index (χ3v) is 5.72. The molecule has 2 saturated heterocycles. The molecule has 2 fully saturated rings. The molecule has 0 unspecified atom stereocenters. The summed E-state index contributed by atoms with van der Waals surface area (Å²) in [6, 6.07) is 16.2. The molecule has 2 aliphatic heterocycles. The Hall–Kier alpha value is -2.66. The number of aromatic nitrogens is 2. The van der Waals surface area contributed by atoms with Crippen molar-refractivity contribution in [1.82, 2.24) is 15.1 Å². The molecule has 3 heterocycles. The Morgan fingerprint density at radius 3 is 2.96 bits per heavy atom. The van der Waals surface area contributed by atoms with E-state index in [1.54, 1.807) is 6.20 Å². The summed E-state index contributed by atoms with van der Waals surface area (Å²) >= 11 is 0. The maximum absolute atomic E-state index is 13.2. The standard InChI is InChI=1S/C20H19N3O2/c24-19(17-8-4-5-14-9-21-22-18(14)17)23-10-16-11-25-13-20(16,12-23)15-6-2-1-3-7-15/h1-9,16H,10-13H2,(H,21,22)/t16-,20+/m1/s1. The molecule has 5 nitrogen and oxygen atoms in total. The maximum atomic E-state index is 13.2. The molecule has 126 valence electrons. The molecule has 0 bridgehead atoms. The normalized spacial score (nSPS) is 25.4. The summed E-state index contributed by atoms with van der Waals surface area (Å²) in [6.45, 7) is 2.83. The van der Waals surface area contributed by atoms with E-state index in [2.05, 4.69) is 34.5 Å². The van der Waals surface area contributed by atoms with Gasteiger partial charge in [-0.15, -0.1) is 0 Å². The minimum atomic E-state index is -0.0845. The van der Waals surface area contributed by atoms with Crippen molar-refractivity contribution in [2.24, 2.45) is 5.92 Å². The van der Waals surface area contributed by atoms with E-state index >= 15 is 0 Å².